The summed E-state index contributed by atoms with van der Waals surface area (Å²) in [4.78, 5) is 12.6. The van der Waals surface area contributed by atoms with Crippen molar-refractivity contribution in [1.82, 2.24) is 0 Å². The third-order valence-corrected chi connectivity index (χ3v) is 3.54. The number of para-hydroxylation sites is 2. The average molecular weight is 304 g/mol. The minimum atomic E-state index is -0.0847. The molecule has 0 radical (unpaired) electrons. The van der Waals surface area contributed by atoms with Crippen LogP contribution in [0.5, 0.6) is 11.5 Å². The number of hydrogen-bond acceptors (Lipinski definition) is 3. The first-order valence-corrected chi connectivity index (χ1v) is 7.34. The van der Waals surface area contributed by atoms with Crippen molar-refractivity contribution in [2.75, 3.05) is 0 Å². The molecule has 0 aliphatic rings. The molecule has 0 aliphatic heterocycles. The van der Waals surface area contributed by atoms with Gasteiger partial charge in [0.15, 0.2) is 5.78 Å². The van der Waals surface area contributed by atoms with Gasteiger partial charge in [-0.1, -0.05) is 60.7 Å². The van der Waals surface area contributed by atoms with Crippen molar-refractivity contribution in [2.45, 2.75) is 6.61 Å². The second-order valence-corrected chi connectivity index (χ2v) is 5.11. The molecule has 0 heterocycles. The van der Waals surface area contributed by atoms with Crippen molar-refractivity contribution in [3.8, 4) is 11.5 Å². The van der Waals surface area contributed by atoms with E-state index in [-0.39, 0.29) is 18.1 Å². The van der Waals surface area contributed by atoms with Gasteiger partial charge in [0.05, 0.1) is 5.56 Å². The van der Waals surface area contributed by atoms with Gasteiger partial charge in [-0.25, -0.2) is 0 Å². The standard InChI is InChI=1S/C20H16O3/c21-18-12-6-4-10-16(18)14-23-19-13-7-5-11-17(19)20(22)15-8-2-1-3-9-15/h1-13,21H,14H2. The quantitative estimate of drug-likeness (QED) is 0.718. The molecule has 1 N–H and O–H groups in total. The second-order valence-electron chi connectivity index (χ2n) is 5.11. The number of benzene rings is 3. The minimum absolute atomic E-state index is 0.0847. The van der Waals surface area contributed by atoms with Gasteiger partial charge in [-0.3, -0.25) is 4.79 Å². The fraction of sp³-hybridized carbons (Fsp3) is 0.0500. The lowest BCUT2D eigenvalue weighted by Gasteiger charge is -2.11. The number of carbonyl (C=O) groups excluding carboxylic acids is 1. The first-order chi connectivity index (χ1) is 11.3. The highest BCUT2D eigenvalue weighted by molar-refractivity contribution is 6.10. The van der Waals surface area contributed by atoms with E-state index >= 15 is 0 Å². The molecule has 0 bridgehead atoms. The Balaban J connectivity index is 1.84. The van der Waals surface area contributed by atoms with Crippen LogP contribution in [0.25, 0.3) is 0 Å². The average Bonchev–Trinajstić information content (AvgIpc) is 2.61. The molecule has 0 aliphatic carbocycles. The van der Waals surface area contributed by atoms with Gasteiger partial charge < -0.3 is 9.84 Å². The molecule has 3 nitrogen and oxygen atoms in total. The zero-order chi connectivity index (χ0) is 16.1. The number of phenolic OH excluding ortho intramolecular Hbond substituents is 1. The molecule has 0 unspecified atom stereocenters. The van der Waals surface area contributed by atoms with E-state index in [1.54, 1.807) is 42.5 Å². The molecule has 3 aromatic rings. The van der Waals surface area contributed by atoms with E-state index in [2.05, 4.69) is 0 Å². The van der Waals surface area contributed by atoms with Gasteiger partial charge in [-0.2, -0.15) is 0 Å². The first-order valence-electron chi connectivity index (χ1n) is 7.34. The van der Waals surface area contributed by atoms with Crippen LogP contribution >= 0.6 is 0 Å². The number of carbonyl (C=O) groups is 1. The van der Waals surface area contributed by atoms with E-state index in [0.717, 1.165) is 0 Å². The van der Waals surface area contributed by atoms with Crippen LogP contribution in [0.1, 0.15) is 21.5 Å². The van der Waals surface area contributed by atoms with Crippen LogP contribution in [0.3, 0.4) is 0 Å². The summed E-state index contributed by atoms with van der Waals surface area (Å²) in [6, 6.07) is 23.2. The SMILES string of the molecule is O=C(c1ccccc1)c1ccccc1OCc1ccccc1O. The van der Waals surface area contributed by atoms with Crippen molar-refractivity contribution >= 4 is 5.78 Å². The smallest absolute Gasteiger partial charge is 0.196 e. The van der Waals surface area contributed by atoms with Crippen LogP contribution in [0.2, 0.25) is 0 Å². The third kappa shape index (κ3) is 3.40. The number of ketones is 1. The van der Waals surface area contributed by atoms with Crippen molar-refractivity contribution in [3.05, 3.63) is 95.6 Å². The largest absolute Gasteiger partial charge is 0.508 e. The molecule has 3 aromatic carbocycles. The summed E-state index contributed by atoms with van der Waals surface area (Å²) in [6.45, 7) is 0.200. The van der Waals surface area contributed by atoms with Crippen LogP contribution in [0, 0.1) is 0 Å². The Labute approximate surface area is 134 Å². The highest BCUT2D eigenvalue weighted by atomic mass is 16.5. The normalized spacial score (nSPS) is 10.3. The van der Waals surface area contributed by atoms with Crippen LogP contribution in [0.15, 0.2) is 78.9 Å². The third-order valence-electron chi connectivity index (χ3n) is 3.54. The summed E-state index contributed by atoms with van der Waals surface area (Å²) in [5, 5.41) is 9.80. The molecule has 114 valence electrons. The maximum absolute atomic E-state index is 12.6. The highest BCUT2D eigenvalue weighted by Gasteiger charge is 2.14. The van der Waals surface area contributed by atoms with Crippen LogP contribution in [-0.2, 0) is 6.61 Å². The Kier molecular flexibility index (Phi) is 4.39. The lowest BCUT2D eigenvalue weighted by atomic mass is 10.0. The molecule has 3 rings (SSSR count). The van der Waals surface area contributed by atoms with E-state index in [1.807, 2.05) is 36.4 Å². The highest BCUT2D eigenvalue weighted by Crippen LogP contribution is 2.24. The molecule has 0 fully saturated rings. The van der Waals surface area contributed by atoms with Gasteiger partial charge in [0.1, 0.15) is 18.1 Å². The first kappa shape index (κ1) is 14.9. The van der Waals surface area contributed by atoms with Crippen molar-refractivity contribution in [1.29, 1.82) is 0 Å². The molecule has 23 heavy (non-hydrogen) atoms. The molecule has 3 heteroatoms. The lowest BCUT2D eigenvalue weighted by Crippen LogP contribution is -2.05. The maximum Gasteiger partial charge on any atom is 0.196 e. The van der Waals surface area contributed by atoms with Crippen LogP contribution in [0.4, 0.5) is 0 Å². The Morgan fingerprint density at radius 1 is 0.826 bits per heavy atom. The van der Waals surface area contributed by atoms with Crippen LogP contribution < -0.4 is 4.74 Å². The van der Waals surface area contributed by atoms with Gasteiger partial charge in [-0.15, -0.1) is 0 Å². The fourth-order valence-electron chi connectivity index (χ4n) is 2.31. The monoisotopic (exact) mass is 304 g/mol. The molecule has 0 aromatic heterocycles. The molecule has 0 spiro atoms. The molecular weight excluding hydrogens is 288 g/mol. The summed E-state index contributed by atoms with van der Waals surface area (Å²) in [6.07, 6.45) is 0. The topological polar surface area (TPSA) is 46.5 Å². The number of phenols is 1. The summed E-state index contributed by atoms with van der Waals surface area (Å²) in [5.74, 6) is 0.599. The minimum Gasteiger partial charge on any atom is -0.508 e. The van der Waals surface area contributed by atoms with Crippen molar-refractivity contribution in [3.63, 3.8) is 0 Å². The Hall–Kier alpha value is -3.07. The zero-order valence-electron chi connectivity index (χ0n) is 12.5. The van der Waals surface area contributed by atoms with E-state index in [0.29, 0.717) is 22.4 Å². The predicted molar refractivity (Wildman–Crippen MR) is 88.8 cm³/mol. The van der Waals surface area contributed by atoms with Crippen molar-refractivity contribution in [2.24, 2.45) is 0 Å². The number of hydrogen-bond donors (Lipinski definition) is 1. The molecule has 0 saturated heterocycles. The number of aromatic hydroxyl groups is 1. The fourth-order valence-corrected chi connectivity index (χ4v) is 2.31. The zero-order valence-corrected chi connectivity index (χ0v) is 12.5. The summed E-state index contributed by atoms with van der Waals surface area (Å²) < 4.78 is 5.77. The molecule has 0 amide bonds. The van der Waals surface area contributed by atoms with E-state index < -0.39 is 0 Å². The predicted octanol–water partition coefficient (Wildman–Crippen LogP) is 4.20. The Bertz CT molecular complexity index is 810. The van der Waals surface area contributed by atoms with E-state index in [9.17, 15) is 9.90 Å². The van der Waals surface area contributed by atoms with E-state index in [1.165, 1.54) is 0 Å². The lowest BCUT2D eigenvalue weighted by molar-refractivity contribution is 0.103. The number of ether oxygens (including phenoxy) is 1. The summed E-state index contributed by atoms with van der Waals surface area (Å²) >= 11 is 0. The molecule has 0 saturated carbocycles. The molecular formula is C20H16O3. The maximum atomic E-state index is 12.6. The van der Waals surface area contributed by atoms with Gasteiger partial charge in [-0.05, 0) is 18.2 Å². The Morgan fingerprint density at radius 2 is 1.48 bits per heavy atom. The van der Waals surface area contributed by atoms with Gasteiger partial charge in [0.2, 0.25) is 0 Å². The van der Waals surface area contributed by atoms with Crippen LogP contribution in [-0.4, -0.2) is 10.9 Å². The van der Waals surface area contributed by atoms with Gasteiger partial charge in [0.25, 0.3) is 0 Å². The van der Waals surface area contributed by atoms with Crippen molar-refractivity contribution < 1.29 is 14.6 Å². The number of rotatable bonds is 5. The summed E-state index contributed by atoms with van der Waals surface area (Å²) in [5.41, 5.74) is 1.80. The van der Waals surface area contributed by atoms with E-state index in [4.69, 9.17) is 4.74 Å². The summed E-state index contributed by atoms with van der Waals surface area (Å²) in [7, 11) is 0. The molecule has 0 atom stereocenters. The Morgan fingerprint density at radius 3 is 2.26 bits per heavy atom. The second kappa shape index (κ2) is 6.79. The van der Waals surface area contributed by atoms with Gasteiger partial charge >= 0.3 is 0 Å². The van der Waals surface area contributed by atoms with Gasteiger partial charge in [0, 0.05) is 11.1 Å².